The Morgan fingerprint density at radius 1 is 1.44 bits per heavy atom. The third kappa shape index (κ3) is 4.69. The quantitative estimate of drug-likeness (QED) is 0.707. The van der Waals surface area contributed by atoms with Crippen LogP contribution in [-0.2, 0) is 0 Å². The average molecular weight is 268 g/mol. The highest BCUT2D eigenvalue weighted by molar-refractivity contribution is 7.98. The standard InChI is InChI=1S/C14H24N2OS/c1-4-9-17-13-7-5-6-12(14(13)15)16-11(2)8-10-18-3/h5-7,11,16H,4,8-10,15H2,1-3H3. The van der Waals surface area contributed by atoms with E-state index in [1.54, 1.807) is 0 Å². The van der Waals surface area contributed by atoms with Crippen LogP contribution in [0, 0.1) is 0 Å². The van der Waals surface area contributed by atoms with Gasteiger partial charge < -0.3 is 15.8 Å². The van der Waals surface area contributed by atoms with Crippen molar-refractivity contribution in [2.24, 2.45) is 0 Å². The Hall–Kier alpha value is -1.03. The lowest BCUT2D eigenvalue weighted by Gasteiger charge is -2.18. The van der Waals surface area contributed by atoms with E-state index in [0.29, 0.717) is 18.3 Å². The van der Waals surface area contributed by atoms with Crippen molar-refractivity contribution in [3.05, 3.63) is 18.2 Å². The van der Waals surface area contributed by atoms with E-state index in [4.69, 9.17) is 10.5 Å². The lowest BCUT2D eigenvalue weighted by atomic mass is 10.2. The summed E-state index contributed by atoms with van der Waals surface area (Å²) in [6.45, 7) is 4.97. The van der Waals surface area contributed by atoms with Gasteiger partial charge in [0.1, 0.15) is 5.75 Å². The number of rotatable bonds is 8. The summed E-state index contributed by atoms with van der Waals surface area (Å²) in [4.78, 5) is 0. The first-order valence-corrected chi connectivity index (χ1v) is 7.85. The van der Waals surface area contributed by atoms with E-state index in [0.717, 1.165) is 30.0 Å². The molecule has 0 spiro atoms. The summed E-state index contributed by atoms with van der Waals surface area (Å²) in [6, 6.07) is 6.32. The maximum atomic E-state index is 6.11. The van der Waals surface area contributed by atoms with Crippen LogP contribution >= 0.6 is 11.8 Å². The Morgan fingerprint density at radius 2 is 2.22 bits per heavy atom. The van der Waals surface area contributed by atoms with Crippen molar-refractivity contribution in [3.63, 3.8) is 0 Å². The molecule has 1 atom stereocenters. The molecule has 0 bridgehead atoms. The zero-order valence-corrected chi connectivity index (χ0v) is 12.3. The molecule has 1 aromatic rings. The number of hydrogen-bond donors (Lipinski definition) is 2. The van der Waals surface area contributed by atoms with Crippen LogP contribution in [0.15, 0.2) is 18.2 Å². The second-order valence-corrected chi connectivity index (χ2v) is 5.38. The number of thioether (sulfide) groups is 1. The van der Waals surface area contributed by atoms with E-state index < -0.39 is 0 Å². The highest BCUT2D eigenvalue weighted by Gasteiger charge is 2.08. The van der Waals surface area contributed by atoms with Crippen molar-refractivity contribution in [2.45, 2.75) is 32.7 Å². The zero-order valence-electron chi connectivity index (χ0n) is 11.5. The topological polar surface area (TPSA) is 47.3 Å². The fourth-order valence-electron chi connectivity index (χ4n) is 1.64. The minimum Gasteiger partial charge on any atom is -0.491 e. The number of anilines is 2. The van der Waals surface area contributed by atoms with Gasteiger partial charge >= 0.3 is 0 Å². The summed E-state index contributed by atoms with van der Waals surface area (Å²) in [5.74, 6) is 1.93. The summed E-state index contributed by atoms with van der Waals surface area (Å²) in [7, 11) is 0. The van der Waals surface area contributed by atoms with E-state index in [2.05, 4.69) is 25.4 Å². The smallest absolute Gasteiger partial charge is 0.144 e. The number of nitrogens with one attached hydrogen (secondary N) is 1. The van der Waals surface area contributed by atoms with Crippen molar-refractivity contribution < 1.29 is 4.74 Å². The van der Waals surface area contributed by atoms with Crippen LogP contribution in [0.25, 0.3) is 0 Å². The van der Waals surface area contributed by atoms with Gasteiger partial charge in [0.15, 0.2) is 0 Å². The van der Waals surface area contributed by atoms with Crippen LogP contribution in [0.1, 0.15) is 26.7 Å². The van der Waals surface area contributed by atoms with Crippen LogP contribution in [-0.4, -0.2) is 24.7 Å². The van der Waals surface area contributed by atoms with Crippen molar-refractivity contribution in [1.29, 1.82) is 0 Å². The van der Waals surface area contributed by atoms with Gasteiger partial charge in [0.25, 0.3) is 0 Å². The highest BCUT2D eigenvalue weighted by atomic mass is 32.2. The summed E-state index contributed by atoms with van der Waals surface area (Å²) in [5.41, 5.74) is 7.79. The molecule has 102 valence electrons. The fourth-order valence-corrected chi connectivity index (χ4v) is 2.23. The molecule has 0 amide bonds. The molecule has 0 aliphatic heterocycles. The SMILES string of the molecule is CCCOc1cccc(NC(C)CCSC)c1N. The van der Waals surface area contributed by atoms with Gasteiger partial charge in [-0.2, -0.15) is 11.8 Å². The van der Waals surface area contributed by atoms with Gasteiger partial charge in [-0.05, 0) is 43.9 Å². The van der Waals surface area contributed by atoms with Gasteiger partial charge in [0, 0.05) is 6.04 Å². The van der Waals surface area contributed by atoms with Crippen molar-refractivity contribution in [1.82, 2.24) is 0 Å². The second-order valence-electron chi connectivity index (χ2n) is 4.39. The molecule has 1 aromatic carbocycles. The number of hydrogen-bond acceptors (Lipinski definition) is 4. The summed E-state index contributed by atoms with van der Waals surface area (Å²) < 4.78 is 5.62. The summed E-state index contributed by atoms with van der Waals surface area (Å²) >= 11 is 1.86. The Bertz CT molecular complexity index is 358. The largest absolute Gasteiger partial charge is 0.491 e. The molecular formula is C14H24N2OS. The van der Waals surface area contributed by atoms with Gasteiger partial charge in [-0.15, -0.1) is 0 Å². The van der Waals surface area contributed by atoms with Gasteiger partial charge in [-0.1, -0.05) is 13.0 Å². The van der Waals surface area contributed by atoms with Crippen LogP contribution in [0.5, 0.6) is 5.75 Å². The molecule has 0 saturated carbocycles. The minimum absolute atomic E-state index is 0.418. The molecule has 3 nitrogen and oxygen atoms in total. The van der Waals surface area contributed by atoms with E-state index in [1.165, 1.54) is 0 Å². The first kappa shape index (κ1) is 15.0. The van der Waals surface area contributed by atoms with Crippen molar-refractivity contribution in [2.75, 3.05) is 29.7 Å². The van der Waals surface area contributed by atoms with Crippen LogP contribution in [0.2, 0.25) is 0 Å². The van der Waals surface area contributed by atoms with Crippen molar-refractivity contribution in [3.8, 4) is 5.75 Å². The molecule has 0 aliphatic carbocycles. The summed E-state index contributed by atoms with van der Waals surface area (Å²) in [5, 5.41) is 3.44. The molecule has 0 fully saturated rings. The molecule has 0 aliphatic rings. The van der Waals surface area contributed by atoms with Gasteiger partial charge in [-0.3, -0.25) is 0 Å². The van der Waals surface area contributed by atoms with E-state index in [9.17, 15) is 0 Å². The number of para-hydroxylation sites is 1. The minimum atomic E-state index is 0.418. The van der Waals surface area contributed by atoms with Crippen LogP contribution in [0.3, 0.4) is 0 Å². The highest BCUT2D eigenvalue weighted by Crippen LogP contribution is 2.30. The molecular weight excluding hydrogens is 244 g/mol. The van der Waals surface area contributed by atoms with Crippen LogP contribution < -0.4 is 15.8 Å². The second kappa shape index (κ2) is 8.14. The molecule has 0 radical (unpaired) electrons. The number of nitrogens with two attached hydrogens (primary N) is 1. The van der Waals surface area contributed by atoms with Crippen molar-refractivity contribution >= 4 is 23.1 Å². The zero-order chi connectivity index (χ0) is 13.4. The predicted molar refractivity (Wildman–Crippen MR) is 82.7 cm³/mol. The van der Waals surface area contributed by atoms with Gasteiger partial charge in [0.2, 0.25) is 0 Å². The molecule has 4 heteroatoms. The molecule has 0 saturated heterocycles. The number of nitrogen functional groups attached to an aromatic ring is 1. The van der Waals surface area contributed by atoms with E-state index in [1.807, 2.05) is 30.0 Å². The Morgan fingerprint density at radius 3 is 2.89 bits per heavy atom. The third-order valence-electron chi connectivity index (χ3n) is 2.68. The first-order chi connectivity index (χ1) is 8.69. The predicted octanol–water partition coefficient (Wildman–Crippen LogP) is 3.61. The Balaban J connectivity index is 2.64. The summed E-state index contributed by atoms with van der Waals surface area (Å²) in [6.07, 6.45) is 4.24. The lowest BCUT2D eigenvalue weighted by molar-refractivity contribution is 0.319. The van der Waals surface area contributed by atoms with Gasteiger partial charge in [0.05, 0.1) is 18.0 Å². The maximum Gasteiger partial charge on any atom is 0.144 e. The monoisotopic (exact) mass is 268 g/mol. The van der Waals surface area contributed by atoms with E-state index >= 15 is 0 Å². The third-order valence-corrected chi connectivity index (χ3v) is 3.33. The molecule has 0 heterocycles. The van der Waals surface area contributed by atoms with Crippen LogP contribution in [0.4, 0.5) is 11.4 Å². The van der Waals surface area contributed by atoms with E-state index in [-0.39, 0.29) is 0 Å². The molecule has 3 N–H and O–H groups in total. The molecule has 18 heavy (non-hydrogen) atoms. The lowest BCUT2D eigenvalue weighted by Crippen LogP contribution is -2.17. The Kier molecular flexibility index (Phi) is 6.80. The average Bonchev–Trinajstić information content (AvgIpc) is 2.37. The molecule has 1 rings (SSSR count). The van der Waals surface area contributed by atoms with Gasteiger partial charge in [-0.25, -0.2) is 0 Å². The fraction of sp³-hybridized carbons (Fsp3) is 0.571. The number of ether oxygens (including phenoxy) is 1. The normalized spacial score (nSPS) is 12.2. The first-order valence-electron chi connectivity index (χ1n) is 6.45. The maximum absolute atomic E-state index is 6.11. The Labute approximate surface area is 114 Å². The molecule has 1 unspecified atom stereocenters. The molecule has 0 aromatic heterocycles. The number of benzene rings is 1.